The van der Waals surface area contributed by atoms with Crippen LogP contribution in [0.25, 0.3) is 0 Å². The van der Waals surface area contributed by atoms with Crippen molar-refractivity contribution in [3.63, 3.8) is 0 Å². The second-order valence-corrected chi connectivity index (χ2v) is 8.74. The van der Waals surface area contributed by atoms with Crippen molar-refractivity contribution < 1.29 is 0 Å². The highest BCUT2D eigenvalue weighted by atomic mass is 15.1. The van der Waals surface area contributed by atoms with Gasteiger partial charge in [-0.1, -0.05) is 48.8 Å². The quantitative estimate of drug-likeness (QED) is 0.460. The molecule has 1 aliphatic heterocycles. The van der Waals surface area contributed by atoms with E-state index in [2.05, 4.69) is 48.2 Å². The minimum atomic E-state index is 0.267. The van der Waals surface area contributed by atoms with Gasteiger partial charge in [-0.2, -0.15) is 12.8 Å². The molecule has 0 aromatic rings. The van der Waals surface area contributed by atoms with E-state index in [0.29, 0.717) is 11.6 Å². The number of aliphatic imine (C=N–C) groups is 1. The maximum absolute atomic E-state index is 5.89. The maximum Gasteiger partial charge on any atom is 0.0982 e. The van der Waals surface area contributed by atoms with Crippen molar-refractivity contribution >= 4 is 5.84 Å². The molecule has 4 rings (SSSR count). The second-order valence-electron chi connectivity index (χ2n) is 8.74. The largest absolute Gasteiger partial charge is 0.403 e. The molecule has 4 heteroatoms. The lowest BCUT2D eigenvalue weighted by Gasteiger charge is -2.32. The molecular formula is C26H33N4-. The van der Waals surface area contributed by atoms with Gasteiger partial charge < -0.3 is 23.2 Å². The van der Waals surface area contributed by atoms with Gasteiger partial charge in [-0.15, -0.1) is 0 Å². The zero-order valence-electron chi connectivity index (χ0n) is 18.1. The summed E-state index contributed by atoms with van der Waals surface area (Å²) in [5, 5.41) is 3.38. The van der Waals surface area contributed by atoms with E-state index in [1.165, 1.54) is 47.9 Å². The van der Waals surface area contributed by atoms with Crippen LogP contribution in [0.2, 0.25) is 0 Å². The summed E-state index contributed by atoms with van der Waals surface area (Å²) >= 11 is 0. The van der Waals surface area contributed by atoms with Crippen LogP contribution in [-0.2, 0) is 0 Å². The number of nitrogens with zero attached hydrogens (tertiary/aromatic N) is 1. The van der Waals surface area contributed by atoms with Crippen molar-refractivity contribution in [1.29, 1.82) is 0 Å². The summed E-state index contributed by atoms with van der Waals surface area (Å²) in [6.45, 7) is 4.03. The fraction of sp³-hybridized carbons (Fsp3) is 0.385. The van der Waals surface area contributed by atoms with Crippen LogP contribution in [-0.4, -0.2) is 11.9 Å². The average Bonchev–Trinajstić information content (AvgIpc) is 3.41. The molecule has 1 heterocycles. The summed E-state index contributed by atoms with van der Waals surface area (Å²) in [5.74, 6) is 2.32. The first-order chi connectivity index (χ1) is 14.5. The van der Waals surface area contributed by atoms with Gasteiger partial charge >= 0.3 is 0 Å². The molecule has 1 fully saturated rings. The minimum Gasteiger partial charge on any atom is -0.403 e. The molecule has 0 aromatic heterocycles. The Balaban J connectivity index is 1.56. The summed E-state index contributed by atoms with van der Waals surface area (Å²) in [4.78, 5) is 4.75. The number of fused-ring (bicyclic) bond motifs is 1. The van der Waals surface area contributed by atoms with Gasteiger partial charge in [0.1, 0.15) is 0 Å². The Morgan fingerprint density at radius 3 is 2.77 bits per heavy atom. The summed E-state index contributed by atoms with van der Waals surface area (Å²) in [6, 6.07) is 0.267. The molecule has 3 aliphatic carbocycles. The fourth-order valence-corrected chi connectivity index (χ4v) is 4.92. The lowest BCUT2D eigenvalue weighted by Crippen LogP contribution is -2.21. The van der Waals surface area contributed by atoms with Crippen LogP contribution in [0, 0.1) is 18.3 Å². The Morgan fingerprint density at radius 2 is 2.00 bits per heavy atom. The van der Waals surface area contributed by atoms with Crippen molar-refractivity contribution in [2.75, 3.05) is 0 Å². The van der Waals surface area contributed by atoms with Crippen molar-refractivity contribution in [3.8, 4) is 0 Å². The monoisotopic (exact) mass is 401 g/mol. The molecule has 1 saturated carbocycles. The number of allylic oxidation sites excluding steroid dienone is 10. The number of nitrogens with two attached hydrogens (primary N) is 2. The zero-order valence-corrected chi connectivity index (χ0v) is 18.1. The molecule has 3 unspecified atom stereocenters. The van der Waals surface area contributed by atoms with Crippen LogP contribution in [0.15, 0.2) is 87.4 Å². The molecular weight excluding hydrogens is 368 g/mol. The molecule has 158 valence electrons. The van der Waals surface area contributed by atoms with Crippen molar-refractivity contribution in [2.24, 2.45) is 28.3 Å². The molecule has 0 amide bonds. The van der Waals surface area contributed by atoms with Crippen molar-refractivity contribution in [3.05, 3.63) is 88.8 Å². The van der Waals surface area contributed by atoms with Gasteiger partial charge in [-0.05, 0) is 54.6 Å². The first-order valence-corrected chi connectivity index (χ1v) is 11.0. The fourth-order valence-electron chi connectivity index (χ4n) is 4.92. The van der Waals surface area contributed by atoms with Crippen LogP contribution < -0.4 is 16.8 Å². The third kappa shape index (κ3) is 4.38. The summed E-state index contributed by atoms with van der Waals surface area (Å²) in [7, 11) is 0. The van der Waals surface area contributed by atoms with E-state index in [-0.39, 0.29) is 6.04 Å². The van der Waals surface area contributed by atoms with E-state index in [1.807, 2.05) is 19.9 Å². The van der Waals surface area contributed by atoms with Crippen molar-refractivity contribution in [2.45, 2.75) is 52.0 Å². The molecule has 0 saturated heterocycles. The number of hydrogen-bond donors (Lipinski definition) is 3. The first kappa shape index (κ1) is 20.5. The highest BCUT2D eigenvalue weighted by molar-refractivity contribution is 5.84. The summed E-state index contributed by atoms with van der Waals surface area (Å²) in [5.41, 5.74) is 18.6. The molecule has 3 atom stereocenters. The molecule has 0 aromatic carbocycles. The average molecular weight is 402 g/mol. The predicted octanol–water partition coefficient (Wildman–Crippen LogP) is 4.73. The SMILES string of the molecule is CC1=NC2CC(C3=CC=C(/C=C/C=C(C)/C(N)=C/N)C(C4C[CH-]CC4)C3)=CC=C2N1. The van der Waals surface area contributed by atoms with Gasteiger partial charge in [0.05, 0.1) is 17.6 Å². The van der Waals surface area contributed by atoms with E-state index in [1.54, 1.807) is 0 Å². The van der Waals surface area contributed by atoms with Crippen LogP contribution in [0.1, 0.15) is 46.0 Å². The first-order valence-electron chi connectivity index (χ1n) is 11.0. The van der Waals surface area contributed by atoms with E-state index in [9.17, 15) is 0 Å². The normalized spacial score (nSPS) is 29.7. The van der Waals surface area contributed by atoms with Gasteiger partial charge in [0.25, 0.3) is 0 Å². The Morgan fingerprint density at radius 1 is 1.20 bits per heavy atom. The van der Waals surface area contributed by atoms with Crippen molar-refractivity contribution in [1.82, 2.24) is 5.32 Å². The molecule has 4 nitrogen and oxygen atoms in total. The van der Waals surface area contributed by atoms with Crippen LogP contribution in [0.4, 0.5) is 0 Å². The topological polar surface area (TPSA) is 76.4 Å². The minimum absolute atomic E-state index is 0.267. The zero-order chi connectivity index (χ0) is 21.1. The third-order valence-corrected chi connectivity index (χ3v) is 6.72. The van der Waals surface area contributed by atoms with Crippen LogP contribution >= 0.6 is 0 Å². The smallest absolute Gasteiger partial charge is 0.0982 e. The number of nitrogens with one attached hydrogen (secondary N) is 1. The van der Waals surface area contributed by atoms with Crippen LogP contribution in [0.5, 0.6) is 0 Å². The second kappa shape index (κ2) is 8.95. The molecule has 0 bridgehead atoms. The molecule has 30 heavy (non-hydrogen) atoms. The molecule has 0 radical (unpaired) electrons. The summed E-state index contributed by atoms with van der Waals surface area (Å²) < 4.78 is 0. The standard InChI is InChI=1S/C26H33N4/c1-17(24(28)16-27)6-5-9-20-10-11-21(14-23(20)19-7-3-4-8-19)22-12-13-25-26(15-22)30-18(2)29-25/h3,5-6,9-13,16,19,23,26H,4,7-8,14-15,27-28H2,1-2H3,(H,29,30)/q-1/b9-5+,17-6+,24-16-. The Bertz CT molecular complexity index is 930. The molecule has 5 N–H and O–H groups in total. The van der Waals surface area contributed by atoms with E-state index in [4.69, 9.17) is 16.5 Å². The lowest BCUT2D eigenvalue weighted by atomic mass is 9.74. The van der Waals surface area contributed by atoms with E-state index < -0.39 is 0 Å². The number of amidine groups is 1. The number of rotatable bonds is 5. The van der Waals surface area contributed by atoms with Gasteiger partial charge in [-0.3, -0.25) is 4.99 Å². The lowest BCUT2D eigenvalue weighted by molar-refractivity contribution is 0.392. The van der Waals surface area contributed by atoms with Gasteiger partial charge in [0, 0.05) is 18.3 Å². The van der Waals surface area contributed by atoms with Gasteiger partial charge in [-0.25, -0.2) is 0 Å². The Labute approximate surface area is 180 Å². The predicted molar refractivity (Wildman–Crippen MR) is 126 cm³/mol. The highest BCUT2D eigenvalue weighted by Crippen LogP contribution is 2.43. The summed E-state index contributed by atoms with van der Waals surface area (Å²) in [6.07, 6.45) is 25.3. The van der Waals surface area contributed by atoms with Crippen LogP contribution in [0.3, 0.4) is 0 Å². The molecule has 0 spiro atoms. The van der Waals surface area contributed by atoms with Gasteiger partial charge in [0.15, 0.2) is 0 Å². The molecule has 4 aliphatic rings. The maximum atomic E-state index is 5.89. The Kier molecular flexibility index (Phi) is 6.12. The van der Waals surface area contributed by atoms with Gasteiger partial charge in [0.2, 0.25) is 0 Å². The Hall–Kier alpha value is -2.75. The highest BCUT2D eigenvalue weighted by Gasteiger charge is 2.30. The van der Waals surface area contributed by atoms with E-state index in [0.717, 1.165) is 30.2 Å². The number of hydrogen-bond acceptors (Lipinski definition) is 4. The van der Waals surface area contributed by atoms with E-state index >= 15 is 0 Å². The third-order valence-electron chi connectivity index (χ3n) is 6.72.